The van der Waals surface area contributed by atoms with Crippen LogP contribution in [-0.2, 0) is 31.1 Å². The molecule has 0 saturated carbocycles. The first-order valence-electron chi connectivity index (χ1n) is 10.1. The predicted octanol–water partition coefficient (Wildman–Crippen LogP) is 2.41. The van der Waals surface area contributed by atoms with Crippen LogP contribution >= 0.6 is 0 Å². The number of nitrogens with zero attached hydrogens (tertiary/aromatic N) is 5. The molecule has 5 rings (SSSR count). The summed E-state index contributed by atoms with van der Waals surface area (Å²) in [5, 5.41) is 6.93. The molecule has 1 aromatic carbocycles. The zero-order chi connectivity index (χ0) is 21.5. The van der Waals surface area contributed by atoms with Crippen LogP contribution in [0.2, 0.25) is 0 Å². The van der Waals surface area contributed by atoms with Gasteiger partial charge in [0, 0.05) is 36.1 Å². The first kappa shape index (κ1) is 19.1. The van der Waals surface area contributed by atoms with E-state index in [0.717, 1.165) is 41.5 Å². The molecule has 0 radical (unpaired) electrons. The number of benzene rings is 1. The number of anilines is 2. The topological polar surface area (TPSA) is 113 Å². The van der Waals surface area contributed by atoms with Gasteiger partial charge in [0.2, 0.25) is 5.91 Å². The summed E-state index contributed by atoms with van der Waals surface area (Å²) in [6.45, 7) is 0. The van der Waals surface area contributed by atoms with Crippen molar-refractivity contribution in [3.63, 3.8) is 0 Å². The van der Waals surface area contributed by atoms with Gasteiger partial charge in [0.15, 0.2) is 5.82 Å². The fourth-order valence-corrected chi connectivity index (χ4v) is 4.36. The lowest BCUT2D eigenvalue weighted by molar-refractivity contribution is -0.115. The lowest BCUT2D eigenvalue weighted by Gasteiger charge is -2.15. The van der Waals surface area contributed by atoms with Crippen molar-refractivity contribution in [3.05, 3.63) is 53.6 Å². The molecule has 1 aliphatic carbocycles. The Bertz CT molecular complexity index is 1300. The highest BCUT2D eigenvalue weighted by Gasteiger charge is 2.25. The van der Waals surface area contributed by atoms with E-state index in [4.69, 9.17) is 10.5 Å². The summed E-state index contributed by atoms with van der Waals surface area (Å²) in [4.78, 5) is 21.2. The largest absolute Gasteiger partial charge is 0.496 e. The number of nitrogens with two attached hydrogens (primary N) is 1. The van der Waals surface area contributed by atoms with E-state index >= 15 is 0 Å². The second kappa shape index (κ2) is 7.42. The van der Waals surface area contributed by atoms with Gasteiger partial charge in [-0.15, -0.1) is 0 Å². The third-order valence-corrected chi connectivity index (χ3v) is 5.79. The van der Waals surface area contributed by atoms with Crippen molar-refractivity contribution in [2.75, 3.05) is 18.2 Å². The van der Waals surface area contributed by atoms with E-state index in [-0.39, 0.29) is 12.3 Å². The molecule has 0 saturated heterocycles. The molecule has 0 spiro atoms. The van der Waals surface area contributed by atoms with Crippen molar-refractivity contribution in [3.8, 4) is 11.4 Å². The molecule has 1 aliphatic rings. The third-order valence-electron chi connectivity index (χ3n) is 5.79. The van der Waals surface area contributed by atoms with E-state index < -0.39 is 0 Å². The van der Waals surface area contributed by atoms with E-state index in [2.05, 4.69) is 25.0 Å². The Morgan fingerprint density at radius 2 is 2.13 bits per heavy atom. The fourth-order valence-electron chi connectivity index (χ4n) is 4.36. The maximum Gasteiger partial charge on any atom is 0.230 e. The maximum absolute atomic E-state index is 12.5. The lowest BCUT2D eigenvalue weighted by atomic mass is 10.1. The van der Waals surface area contributed by atoms with Crippen molar-refractivity contribution in [2.45, 2.75) is 25.7 Å². The van der Waals surface area contributed by atoms with Crippen LogP contribution in [0.3, 0.4) is 0 Å². The van der Waals surface area contributed by atoms with Gasteiger partial charge in [-0.2, -0.15) is 5.10 Å². The SMILES string of the molecule is COc1cc(-n2c3c(c4ncnc(N)c42)CCC3)ccc1CC(=O)Nc1ccnn1C. The van der Waals surface area contributed by atoms with Gasteiger partial charge < -0.3 is 20.4 Å². The van der Waals surface area contributed by atoms with Gasteiger partial charge in [-0.05, 0) is 30.9 Å². The van der Waals surface area contributed by atoms with Crippen LogP contribution in [0.5, 0.6) is 5.75 Å². The summed E-state index contributed by atoms with van der Waals surface area (Å²) in [5.41, 5.74) is 12.1. The molecule has 9 heteroatoms. The number of hydrogen-bond donors (Lipinski definition) is 2. The number of aromatic nitrogens is 5. The summed E-state index contributed by atoms with van der Waals surface area (Å²) in [6, 6.07) is 7.60. The molecule has 0 fully saturated rings. The molecular formula is C22H23N7O2. The van der Waals surface area contributed by atoms with Crippen LogP contribution in [-0.4, -0.2) is 37.3 Å². The molecule has 31 heavy (non-hydrogen) atoms. The second-order valence-electron chi connectivity index (χ2n) is 7.63. The van der Waals surface area contributed by atoms with Crippen LogP contribution in [0.25, 0.3) is 16.7 Å². The quantitative estimate of drug-likeness (QED) is 0.516. The molecule has 0 aliphatic heterocycles. The number of amides is 1. The Kier molecular flexibility index (Phi) is 4.58. The number of aryl methyl sites for hydroxylation is 2. The van der Waals surface area contributed by atoms with Crippen molar-refractivity contribution in [1.82, 2.24) is 24.3 Å². The number of fused-ring (bicyclic) bond motifs is 3. The summed E-state index contributed by atoms with van der Waals surface area (Å²) >= 11 is 0. The van der Waals surface area contributed by atoms with Crippen molar-refractivity contribution < 1.29 is 9.53 Å². The Hall–Kier alpha value is -3.88. The molecule has 9 nitrogen and oxygen atoms in total. The lowest BCUT2D eigenvalue weighted by Crippen LogP contribution is -2.17. The number of nitrogens with one attached hydrogen (secondary N) is 1. The van der Waals surface area contributed by atoms with Gasteiger partial charge in [-0.1, -0.05) is 6.07 Å². The zero-order valence-electron chi connectivity index (χ0n) is 17.4. The van der Waals surface area contributed by atoms with E-state index in [1.54, 1.807) is 31.1 Å². The number of ether oxygens (including phenoxy) is 1. The molecule has 4 aromatic rings. The first-order valence-corrected chi connectivity index (χ1v) is 10.1. The Morgan fingerprint density at radius 1 is 1.26 bits per heavy atom. The molecule has 3 aromatic heterocycles. The van der Waals surface area contributed by atoms with Gasteiger partial charge in [-0.25, -0.2) is 9.97 Å². The van der Waals surface area contributed by atoms with Crippen LogP contribution in [0.1, 0.15) is 23.2 Å². The average Bonchev–Trinajstić information content (AvgIpc) is 3.46. The summed E-state index contributed by atoms with van der Waals surface area (Å²) < 4.78 is 9.38. The third kappa shape index (κ3) is 3.18. The number of nitrogen functional groups attached to an aromatic ring is 1. The number of hydrogen-bond acceptors (Lipinski definition) is 6. The highest BCUT2D eigenvalue weighted by molar-refractivity contribution is 5.93. The zero-order valence-corrected chi connectivity index (χ0v) is 17.4. The normalized spacial score (nSPS) is 12.8. The average molecular weight is 417 g/mol. The molecule has 0 bridgehead atoms. The Labute approximate surface area is 178 Å². The minimum Gasteiger partial charge on any atom is -0.496 e. The highest BCUT2D eigenvalue weighted by Crippen LogP contribution is 2.37. The standard InChI is InChI=1S/C22H23N7O2/c1-28-18(8-9-26-28)27-19(30)10-13-6-7-14(11-17(13)31-2)29-16-5-3-4-15(16)20-21(29)22(23)25-12-24-20/h6-9,11-12H,3-5,10H2,1-2H3,(H,27,30)(H2,23,24,25). The summed E-state index contributed by atoms with van der Waals surface area (Å²) in [6.07, 6.45) is 6.38. The second-order valence-corrected chi connectivity index (χ2v) is 7.63. The number of carbonyl (C=O) groups excluding carboxylic acids is 1. The van der Waals surface area contributed by atoms with Gasteiger partial charge in [0.05, 0.1) is 25.2 Å². The van der Waals surface area contributed by atoms with Gasteiger partial charge in [0.25, 0.3) is 0 Å². The first-order chi connectivity index (χ1) is 15.1. The van der Waals surface area contributed by atoms with Crippen LogP contribution < -0.4 is 15.8 Å². The van der Waals surface area contributed by atoms with Crippen molar-refractivity contribution in [1.29, 1.82) is 0 Å². The van der Waals surface area contributed by atoms with E-state index in [1.807, 2.05) is 18.2 Å². The van der Waals surface area contributed by atoms with E-state index in [1.165, 1.54) is 17.6 Å². The minimum atomic E-state index is -0.139. The molecular weight excluding hydrogens is 394 g/mol. The molecule has 3 heterocycles. The summed E-state index contributed by atoms with van der Waals surface area (Å²) in [5.74, 6) is 1.60. The number of rotatable bonds is 5. The van der Waals surface area contributed by atoms with Crippen molar-refractivity contribution in [2.24, 2.45) is 7.05 Å². The van der Waals surface area contributed by atoms with Crippen LogP contribution in [0.4, 0.5) is 11.6 Å². The smallest absolute Gasteiger partial charge is 0.230 e. The Balaban J connectivity index is 1.52. The predicted molar refractivity (Wildman–Crippen MR) is 117 cm³/mol. The molecule has 0 unspecified atom stereocenters. The highest BCUT2D eigenvalue weighted by atomic mass is 16.5. The number of methoxy groups -OCH3 is 1. The summed E-state index contributed by atoms with van der Waals surface area (Å²) in [7, 11) is 3.39. The molecule has 158 valence electrons. The van der Waals surface area contributed by atoms with Crippen molar-refractivity contribution >= 4 is 28.6 Å². The van der Waals surface area contributed by atoms with Gasteiger partial charge in [0.1, 0.15) is 23.4 Å². The Morgan fingerprint density at radius 3 is 2.90 bits per heavy atom. The van der Waals surface area contributed by atoms with E-state index in [9.17, 15) is 4.79 Å². The molecule has 0 atom stereocenters. The minimum absolute atomic E-state index is 0.139. The number of carbonyl (C=O) groups is 1. The fraction of sp³-hybridized carbons (Fsp3) is 0.273. The molecule has 1 amide bonds. The van der Waals surface area contributed by atoms with Gasteiger partial charge in [-0.3, -0.25) is 9.48 Å². The maximum atomic E-state index is 12.5. The van der Waals surface area contributed by atoms with Gasteiger partial charge >= 0.3 is 0 Å². The van der Waals surface area contributed by atoms with E-state index in [0.29, 0.717) is 17.4 Å². The van der Waals surface area contributed by atoms with Crippen LogP contribution in [0, 0.1) is 0 Å². The monoisotopic (exact) mass is 417 g/mol. The van der Waals surface area contributed by atoms with Crippen LogP contribution in [0.15, 0.2) is 36.8 Å². The molecule has 3 N–H and O–H groups in total.